The van der Waals surface area contributed by atoms with Gasteiger partial charge in [-0.2, -0.15) is 0 Å². The smallest absolute Gasteiger partial charge is 0.164 e. The van der Waals surface area contributed by atoms with Crippen molar-refractivity contribution in [1.29, 1.82) is 0 Å². The van der Waals surface area contributed by atoms with Crippen molar-refractivity contribution in [2.75, 3.05) is 7.11 Å². The maximum Gasteiger partial charge on any atom is 0.164 e. The maximum atomic E-state index is 11.3. The Morgan fingerprint density at radius 3 is 2.56 bits per heavy atom. The lowest BCUT2D eigenvalue weighted by molar-refractivity contribution is -0.146. The molecule has 0 bridgehead atoms. The van der Waals surface area contributed by atoms with Gasteiger partial charge in [0, 0.05) is 6.42 Å². The molecule has 2 rings (SSSR count). The Labute approximate surface area is 162 Å². The molecule has 1 aromatic rings. The summed E-state index contributed by atoms with van der Waals surface area (Å²) in [5.74, 6) is 0.175. The first-order chi connectivity index (χ1) is 12.8. The van der Waals surface area contributed by atoms with E-state index in [0.717, 1.165) is 30.6 Å². The topological polar surface area (TPSA) is 54.0 Å². The van der Waals surface area contributed by atoms with Crippen molar-refractivity contribution >= 4 is 5.78 Å². The zero-order valence-electron chi connectivity index (χ0n) is 17.1. The second-order valence-electron chi connectivity index (χ2n) is 7.41. The van der Waals surface area contributed by atoms with E-state index >= 15 is 0 Å². The Morgan fingerprint density at radius 2 is 1.96 bits per heavy atom. The number of methoxy groups -OCH3 is 1. The molecule has 1 aliphatic heterocycles. The van der Waals surface area contributed by atoms with Crippen molar-refractivity contribution in [2.45, 2.75) is 77.7 Å². The molecule has 150 valence electrons. The molecule has 1 aromatic carbocycles. The molecule has 0 aromatic heterocycles. The van der Waals surface area contributed by atoms with Crippen LogP contribution >= 0.6 is 0 Å². The van der Waals surface area contributed by atoms with Crippen molar-refractivity contribution in [1.82, 2.24) is 0 Å². The second kappa shape index (κ2) is 10.0. The van der Waals surface area contributed by atoms with Crippen molar-refractivity contribution in [3.05, 3.63) is 42.0 Å². The van der Waals surface area contributed by atoms with Crippen LogP contribution in [0.2, 0.25) is 0 Å². The van der Waals surface area contributed by atoms with Gasteiger partial charge in [0.2, 0.25) is 0 Å². The molecule has 1 heterocycles. The fraction of sp³-hybridized carbons (Fsp3) is 0.591. The van der Waals surface area contributed by atoms with E-state index in [4.69, 9.17) is 18.9 Å². The lowest BCUT2D eigenvalue weighted by Crippen LogP contribution is -2.28. The highest BCUT2D eigenvalue weighted by atomic mass is 16.7. The molecule has 0 spiro atoms. The average Bonchev–Trinajstić information content (AvgIpc) is 2.92. The summed E-state index contributed by atoms with van der Waals surface area (Å²) in [4.78, 5) is 11.3. The van der Waals surface area contributed by atoms with Crippen LogP contribution in [-0.4, -0.2) is 37.0 Å². The number of ketones is 1. The Hall–Kier alpha value is -1.69. The molecule has 0 aliphatic carbocycles. The van der Waals surface area contributed by atoms with E-state index in [0.29, 0.717) is 6.61 Å². The summed E-state index contributed by atoms with van der Waals surface area (Å²) in [6.07, 6.45) is 5.73. The molecule has 3 atom stereocenters. The van der Waals surface area contributed by atoms with Crippen LogP contribution in [0.4, 0.5) is 0 Å². The first kappa shape index (κ1) is 21.6. The highest BCUT2D eigenvalue weighted by Crippen LogP contribution is 2.32. The van der Waals surface area contributed by atoms with Crippen molar-refractivity contribution < 1.29 is 23.7 Å². The van der Waals surface area contributed by atoms with Crippen LogP contribution in [0, 0.1) is 0 Å². The molecule has 1 fully saturated rings. The van der Waals surface area contributed by atoms with Crippen LogP contribution in [0.1, 0.15) is 52.5 Å². The van der Waals surface area contributed by atoms with Crippen molar-refractivity contribution in [3.8, 4) is 5.75 Å². The molecule has 1 aliphatic rings. The summed E-state index contributed by atoms with van der Waals surface area (Å²) in [5.41, 5.74) is 1.11. The number of hydrogen-bond donors (Lipinski definition) is 0. The molecule has 0 unspecified atom stereocenters. The zero-order chi connectivity index (χ0) is 19.9. The van der Waals surface area contributed by atoms with E-state index in [9.17, 15) is 4.79 Å². The van der Waals surface area contributed by atoms with Crippen molar-refractivity contribution in [3.63, 3.8) is 0 Å². The van der Waals surface area contributed by atoms with Gasteiger partial charge in [-0.25, -0.2) is 0 Å². The number of allylic oxidation sites excluding steroid dienone is 1. The highest BCUT2D eigenvalue weighted by molar-refractivity contribution is 5.87. The van der Waals surface area contributed by atoms with Crippen molar-refractivity contribution in [2.24, 2.45) is 0 Å². The number of carbonyl (C=O) groups is 1. The van der Waals surface area contributed by atoms with Gasteiger partial charge in [-0.3, -0.25) is 4.79 Å². The maximum absolute atomic E-state index is 11.3. The number of rotatable bonds is 10. The SMILES string of the molecule is CCC[C@@H](C[C@H]1OC(C)(C)O[C@@H]1/C=C/C(C)=O)OCc1ccc(OC)cc1. The standard InChI is InChI=1S/C22H32O5/c1-6-7-19(25-15-17-9-11-18(24-5)12-10-17)14-21-20(13-8-16(2)23)26-22(3,4)27-21/h8-13,19-21H,6-7,14-15H2,1-5H3/b13-8+/t19-,20+,21+/m0/s1. The monoisotopic (exact) mass is 376 g/mol. The normalized spacial score (nSPS) is 22.9. The first-order valence-electron chi connectivity index (χ1n) is 9.62. The van der Waals surface area contributed by atoms with Gasteiger partial charge in [0.15, 0.2) is 11.6 Å². The van der Waals surface area contributed by atoms with Gasteiger partial charge in [-0.05, 0) is 57.0 Å². The minimum atomic E-state index is -0.663. The van der Waals surface area contributed by atoms with E-state index in [2.05, 4.69) is 6.92 Å². The van der Waals surface area contributed by atoms with Gasteiger partial charge in [-0.15, -0.1) is 0 Å². The Kier molecular flexibility index (Phi) is 8.02. The summed E-state index contributed by atoms with van der Waals surface area (Å²) < 4.78 is 23.4. The molecule has 0 radical (unpaired) electrons. The van der Waals surface area contributed by atoms with Crippen LogP contribution in [-0.2, 0) is 25.6 Å². The Balaban J connectivity index is 1.98. The Morgan fingerprint density at radius 1 is 1.26 bits per heavy atom. The minimum absolute atomic E-state index is 0.00270. The lowest BCUT2D eigenvalue weighted by Gasteiger charge is -2.23. The summed E-state index contributed by atoms with van der Waals surface area (Å²) in [6.45, 7) is 8.01. The van der Waals surface area contributed by atoms with Crippen LogP contribution < -0.4 is 4.74 Å². The van der Waals surface area contributed by atoms with Crippen LogP contribution in [0.15, 0.2) is 36.4 Å². The first-order valence-corrected chi connectivity index (χ1v) is 9.62. The molecule has 1 saturated heterocycles. The molecule has 0 N–H and O–H groups in total. The Bertz CT molecular complexity index is 620. The second-order valence-corrected chi connectivity index (χ2v) is 7.41. The predicted octanol–water partition coefficient (Wildman–Crippen LogP) is 4.44. The largest absolute Gasteiger partial charge is 0.497 e. The fourth-order valence-corrected chi connectivity index (χ4v) is 3.22. The minimum Gasteiger partial charge on any atom is -0.497 e. The molecular weight excluding hydrogens is 344 g/mol. The summed E-state index contributed by atoms with van der Waals surface area (Å²) in [5, 5.41) is 0. The average molecular weight is 376 g/mol. The van der Waals surface area contributed by atoms with E-state index < -0.39 is 5.79 Å². The number of benzene rings is 1. The van der Waals surface area contributed by atoms with E-state index in [-0.39, 0.29) is 24.1 Å². The van der Waals surface area contributed by atoms with Crippen LogP contribution in [0.25, 0.3) is 0 Å². The van der Waals surface area contributed by atoms with E-state index in [1.165, 1.54) is 6.92 Å². The quantitative estimate of drug-likeness (QED) is 0.565. The molecule has 0 amide bonds. The number of carbonyl (C=O) groups excluding carboxylic acids is 1. The summed E-state index contributed by atoms with van der Waals surface area (Å²) in [6, 6.07) is 7.90. The van der Waals surface area contributed by atoms with Gasteiger partial charge < -0.3 is 18.9 Å². The third-order valence-corrected chi connectivity index (χ3v) is 4.49. The van der Waals surface area contributed by atoms with E-state index in [1.54, 1.807) is 19.3 Å². The predicted molar refractivity (Wildman–Crippen MR) is 105 cm³/mol. The molecule has 5 heteroatoms. The van der Waals surface area contributed by atoms with Crippen LogP contribution in [0.3, 0.4) is 0 Å². The highest BCUT2D eigenvalue weighted by Gasteiger charge is 2.40. The fourth-order valence-electron chi connectivity index (χ4n) is 3.22. The van der Waals surface area contributed by atoms with E-state index in [1.807, 2.05) is 38.1 Å². The third kappa shape index (κ3) is 7.09. The zero-order valence-corrected chi connectivity index (χ0v) is 17.1. The number of hydrogen-bond acceptors (Lipinski definition) is 5. The van der Waals surface area contributed by atoms with Crippen LogP contribution in [0.5, 0.6) is 5.75 Å². The van der Waals surface area contributed by atoms with Gasteiger partial charge in [0.25, 0.3) is 0 Å². The van der Waals surface area contributed by atoms with Gasteiger partial charge in [0.1, 0.15) is 11.9 Å². The molecule has 0 saturated carbocycles. The van der Waals surface area contributed by atoms with Gasteiger partial charge >= 0.3 is 0 Å². The summed E-state index contributed by atoms with van der Waals surface area (Å²) in [7, 11) is 1.66. The molecule has 5 nitrogen and oxygen atoms in total. The lowest BCUT2D eigenvalue weighted by atomic mass is 10.0. The van der Waals surface area contributed by atoms with Gasteiger partial charge in [0.05, 0.1) is 25.9 Å². The number of ether oxygens (including phenoxy) is 4. The third-order valence-electron chi connectivity index (χ3n) is 4.49. The van der Waals surface area contributed by atoms with Gasteiger partial charge in [-0.1, -0.05) is 25.5 Å². The summed E-state index contributed by atoms with van der Waals surface area (Å²) >= 11 is 0. The molecular formula is C22H32O5. The molecule has 27 heavy (non-hydrogen) atoms.